The summed E-state index contributed by atoms with van der Waals surface area (Å²) in [4.78, 5) is 0. The first-order valence-electron chi connectivity index (χ1n) is 6.60. The highest BCUT2D eigenvalue weighted by atomic mass is 35.5. The summed E-state index contributed by atoms with van der Waals surface area (Å²) >= 11 is 11.8. The Labute approximate surface area is 128 Å². The fraction of sp³-hybridized carbons (Fsp3) is 0.250. The lowest BCUT2D eigenvalue weighted by Crippen LogP contribution is -2.28. The Hall–Kier alpha value is -1.22. The number of phenolic OH excluding ortho intramolecular Hbond substituents is 1. The lowest BCUT2D eigenvalue weighted by Gasteiger charge is -2.30. The summed E-state index contributed by atoms with van der Waals surface area (Å²) in [5.41, 5.74) is 3.59. The number of rotatable bonds is 4. The minimum atomic E-state index is 0.109. The van der Waals surface area contributed by atoms with Crippen LogP contribution in [0.15, 0.2) is 36.4 Å². The average Bonchev–Trinajstić information content (AvgIpc) is 2.40. The van der Waals surface area contributed by atoms with Gasteiger partial charge >= 0.3 is 0 Å². The number of fused-ring (bicyclic) bond motifs is 1. The molecular weight excluding hydrogens is 293 g/mol. The van der Waals surface area contributed by atoms with E-state index in [0.29, 0.717) is 22.5 Å². The van der Waals surface area contributed by atoms with Gasteiger partial charge in [-0.05, 0) is 29.7 Å². The first kappa shape index (κ1) is 13.7. The van der Waals surface area contributed by atoms with Crippen molar-refractivity contribution in [2.24, 2.45) is 0 Å². The first-order valence-corrected chi connectivity index (χ1v) is 7.36. The highest BCUT2D eigenvalue weighted by molar-refractivity contribution is 6.35. The topological polar surface area (TPSA) is 32.3 Å². The minimum absolute atomic E-state index is 0.109. The molecule has 2 aromatic rings. The maximum atomic E-state index is 9.89. The van der Waals surface area contributed by atoms with Crippen molar-refractivity contribution in [3.8, 4) is 5.75 Å². The zero-order chi connectivity index (χ0) is 14.1. The van der Waals surface area contributed by atoms with Crippen LogP contribution in [-0.2, 0) is 13.0 Å². The van der Waals surface area contributed by atoms with Gasteiger partial charge in [0.15, 0.2) is 0 Å². The Morgan fingerprint density at radius 2 is 2.00 bits per heavy atom. The van der Waals surface area contributed by atoms with E-state index in [-0.39, 0.29) is 5.75 Å². The molecule has 104 valence electrons. The van der Waals surface area contributed by atoms with Gasteiger partial charge in [-0.2, -0.15) is 0 Å². The molecule has 0 aliphatic heterocycles. The number of halogens is 2. The van der Waals surface area contributed by atoms with E-state index in [9.17, 15) is 5.11 Å². The summed E-state index contributed by atoms with van der Waals surface area (Å²) in [6.45, 7) is 1.45. The third kappa shape index (κ3) is 2.64. The summed E-state index contributed by atoms with van der Waals surface area (Å²) in [5.74, 6) is 0.667. The summed E-state index contributed by atoms with van der Waals surface area (Å²) in [5, 5.41) is 14.1. The highest BCUT2D eigenvalue weighted by Crippen LogP contribution is 2.34. The molecule has 20 heavy (non-hydrogen) atoms. The van der Waals surface area contributed by atoms with Crippen LogP contribution >= 0.6 is 23.2 Å². The predicted molar refractivity (Wildman–Crippen MR) is 82.7 cm³/mol. The maximum Gasteiger partial charge on any atom is 0.138 e. The van der Waals surface area contributed by atoms with Gasteiger partial charge in [0, 0.05) is 29.6 Å². The van der Waals surface area contributed by atoms with Gasteiger partial charge in [-0.1, -0.05) is 47.5 Å². The Morgan fingerprint density at radius 1 is 1.20 bits per heavy atom. The molecule has 0 heterocycles. The number of hydrogen-bond acceptors (Lipinski definition) is 2. The van der Waals surface area contributed by atoms with Crippen molar-refractivity contribution in [2.45, 2.75) is 18.9 Å². The highest BCUT2D eigenvalue weighted by Gasteiger charge is 2.24. The van der Waals surface area contributed by atoms with E-state index in [4.69, 9.17) is 23.2 Å². The number of nitrogens with one attached hydrogen (secondary N) is 1. The standard InChI is InChI=1S/C16H15Cl2NO/c17-13-6-12(16(20)15(18)7-13)9-19-8-11-5-10-3-1-2-4-14(10)11/h1-4,6-7,11,19-20H,5,8-9H2. The van der Waals surface area contributed by atoms with E-state index >= 15 is 0 Å². The van der Waals surface area contributed by atoms with Gasteiger partial charge in [-0.25, -0.2) is 0 Å². The molecule has 2 nitrogen and oxygen atoms in total. The van der Waals surface area contributed by atoms with Crippen LogP contribution in [0.5, 0.6) is 5.75 Å². The molecule has 0 bridgehead atoms. The molecule has 1 aliphatic carbocycles. The van der Waals surface area contributed by atoms with Crippen LogP contribution in [0.25, 0.3) is 0 Å². The van der Waals surface area contributed by atoms with E-state index in [1.54, 1.807) is 12.1 Å². The number of benzene rings is 2. The second-order valence-electron chi connectivity index (χ2n) is 5.13. The Kier molecular flexibility index (Phi) is 3.88. The monoisotopic (exact) mass is 307 g/mol. The second kappa shape index (κ2) is 5.65. The van der Waals surface area contributed by atoms with Crippen molar-refractivity contribution < 1.29 is 5.11 Å². The zero-order valence-corrected chi connectivity index (χ0v) is 12.4. The summed E-state index contributed by atoms with van der Waals surface area (Å²) in [6, 6.07) is 11.8. The van der Waals surface area contributed by atoms with Crippen molar-refractivity contribution in [3.63, 3.8) is 0 Å². The molecular formula is C16H15Cl2NO. The van der Waals surface area contributed by atoms with Crippen LogP contribution in [0.3, 0.4) is 0 Å². The summed E-state index contributed by atoms with van der Waals surface area (Å²) in [7, 11) is 0. The molecule has 1 aliphatic rings. The Morgan fingerprint density at radius 3 is 2.80 bits per heavy atom. The minimum Gasteiger partial charge on any atom is -0.506 e. The molecule has 0 amide bonds. The SMILES string of the molecule is Oc1c(Cl)cc(Cl)cc1CNCC1Cc2ccccc21. The molecule has 0 saturated heterocycles. The molecule has 2 aromatic carbocycles. The second-order valence-corrected chi connectivity index (χ2v) is 5.97. The molecule has 0 radical (unpaired) electrons. The van der Waals surface area contributed by atoms with Gasteiger partial charge in [-0.3, -0.25) is 0 Å². The van der Waals surface area contributed by atoms with Gasteiger partial charge in [-0.15, -0.1) is 0 Å². The van der Waals surface area contributed by atoms with Crippen LogP contribution in [0.1, 0.15) is 22.6 Å². The van der Waals surface area contributed by atoms with Crippen LogP contribution in [0.4, 0.5) is 0 Å². The van der Waals surface area contributed by atoms with Crippen LogP contribution in [0, 0.1) is 0 Å². The normalized spacial score (nSPS) is 16.6. The number of aromatic hydroxyl groups is 1. The fourth-order valence-corrected chi connectivity index (χ4v) is 3.22. The summed E-state index contributed by atoms with van der Waals surface area (Å²) < 4.78 is 0. The predicted octanol–water partition coefficient (Wildman–Crippen LogP) is 4.13. The van der Waals surface area contributed by atoms with Gasteiger partial charge in [0.2, 0.25) is 0 Å². The average molecular weight is 308 g/mol. The molecule has 0 saturated carbocycles. The van der Waals surface area contributed by atoms with Gasteiger partial charge in [0.25, 0.3) is 0 Å². The molecule has 0 spiro atoms. The summed E-state index contributed by atoms with van der Waals surface area (Å²) in [6.07, 6.45) is 1.12. The molecule has 3 rings (SSSR count). The third-order valence-corrected chi connectivity index (χ3v) is 4.28. The molecule has 1 unspecified atom stereocenters. The Balaban J connectivity index is 1.59. The molecule has 2 N–H and O–H groups in total. The number of hydrogen-bond donors (Lipinski definition) is 2. The Bertz CT molecular complexity index is 642. The largest absolute Gasteiger partial charge is 0.506 e. The van der Waals surface area contributed by atoms with Gasteiger partial charge in [0.1, 0.15) is 5.75 Å². The first-order chi connectivity index (χ1) is 9.65. The zero-order valence-electron chi connectivity index (χ0n) is 10.9. The van der Waals surface area contributed by atoms with E-state index in [1.165, 1.54) is 11.1 Å². The van der Waals surface area contributed by atoms with Gasteiger partial charge in [0.05, 0.1) is 5.02 Å². The molecule has 0 fully saturated rings. The maximum absolute atomic E-state index is 9.89. The quantitative estimate of drug-likeness (QED) is 0.890. The molecule has 4 heteroatoms. The van der Waals surface area contributed by atoms with Crippen molar-refractivity contribution in [3.05, 3.63) is 63.1 Å². The van der Waals surface area contributed by atoms with Crippen LogP contribution < -0.4 is 5.32 Å². The van der Waals surface area contributed by atoms with E-state index in [2.05, 4.69) is 29.6 Å². The van der Waals surface area contributed by atoms with Crippen molar-refractivity contribution in [1.82, 2.24) is 5.32 Å². The molecule has 1 atom stereocenters. The van der Waals surface area contributed by atoms with Crippen molar-refractivity contribution in [1.29, 1.82) is 0 Å². The fourth-order valence-electron chi connectivity index (χ4n) is 2.68. The van der Waals surface area contributed by atoms with Crippen molar-refractivity contribution in [2.75, 3.05) is 6.54 Å². The van der Waals surface area contributed by atoms with E-state index in [1.807, 2.05) is 0 Å². The smallest absolute Gasteiger partial charge is 0.138 e. The van der Waals surface area contributed by atoms with Crippen LogP contribution in [-0.4, -0.2) is 11.7 Å². The van der Waals surface area contributed by atoms with Gasteiger partial charge < -0.3 is 10.4 Å². The molecule has 0 aromatic heterocycles. The van der Waals surface area contributed by atoms with E-state index < -0.39 is 0 Å². The van der Waals surface area contributed by atoms with E-state index in [0.717, 1.165) is 18.5 Å². The number of phenols is 1. The lowest BCUT2D eigenvalue weighted by molar-refractivity contribution is 0.461. The van der Waals surface area contributed by atoms with Crippen LogP contribution in [0.2, 0.25) is 10.0 Å². The third-order valence-electron chi connectivity index (χ3n) is 3.77. The lowest BCUT2D eigenvalue weighted by atomic mass is 9.77. The van der Waals surface area contributed by atoms with Crippen molar-refractivity contribution >= 4 is 23.2 Å².